The van der Waals surface area contributed by atoms with Gasteiger partial charge < -0.3 is 26.0 Å². The Hall–Kier alpha value is -3.26. The number of nitrogens with one attached hydrogen (secondary N) is 4. The van der Waals surface area contributed by atoms with Crippen molar-refractivity contribution in [1.82, 2.24) is 16.0 Å². The molecule has 0 aliphatic carbocycles. The van der Waals surface area contributed by atoms with E-state index in [-0.39, 0.29) is 37.0 Å². The first-order valence-electron chi connectivity index (χ1n) is 12.4. The van der Waals surface area contributed by atoms with Gasteiger partial charge >= 0.3 is 6.36 Å². The number of halogens is 4. The lowest BCUT2D eigenvalue weighted by atomic mass is 9.95. The summed E-state index contributed by atoms with van der Waals surface area (Å²) >= 11 is 0. The van der Waals surface area contributed by atoms with Crippen LogP contribution in [-0.4, -0.2) is 74.9 Å². The summed E-state index contributed by atoms with van der Waals surface area (Å²) in [6.07, 6.45) is -4.85. The predicted octanol–water partition coefficient (Wildman–Crippen LogP) is 1.90. The zero-order valence-corrected chi connectivity index (χ0v) is 21.9. The number of rotatable bonds is 15. The van der Waals surface area contributed by atoms with Crippen molar-refractivity contribution in [3.05, 3.63) is 30.1 Å². The van der Waals surface area contributed by atoms with Gasteiger partial charge in [0.2, 0.25) is 17.7 Å². The quantitative estimate of drug-likeness (QED) is 0.240. The lowest BCUT2D eigenvalue weighted by molar-refractivity contribution is -0.321. The summed E-state index contributed by atoms with van der Waals surface area (Å²) < 4.78 is 60.4. The van der Waals surface area contributed by atoms with Gasteiger partial charge in [0.25, 0.3) is 0 Å². The second kappa shape index (κ2) is 14.8. The molecule has 1 aliphatic rings. The van der Waals surface area contributed by atoms with Crippen molar-refractivity contribution in [2.24, 2.45) is 11.8 Å². The van der Waals surface area contributed by atoms with Crippen LogP contribution in [0.25, 0.3) is 0 Å². The zero-order valence-electron chi connectivity index (χ0n) is 21.9. The van der Waals surface area contributed by atoms with E-state index in [0.29, 0.717) is 13.0 Å². The molecule has 1 saturated heterocycles. The number of alkyl halides is 3. The van der Waals surface area contributed by atoms with Crippen LogP contribution in [0.5, 0.6) is 0 Å². The molecule has 1 aliphatic heterocycles. The summed E-state index contributed by atoms with van der Waals surface area (Å²) in [5.74, 6) is -4.42. The van der Waals surface area contributed by atoms with E-state index in [1.165, 1.54) is 25.3 Å². The normalized spacial score (nSPS) is 17.7. The summed E-state index contributed by atoms with van der Waals surface area (Å²) in [7, 11) is 1.33. The number of methoxy groups -OCH3 is 1. The SMILES string of the molecule is COC[C@H](Nc1ccccc1F)C(=O)N[C@@H](CC(C)C)C(=O)N[C@@H](C[C@@H]1CCNC1=O)C(=O)COC(F)(F)F. The van der Waals surface area contributed by atoms with E-state index in [4.69, 9.17) is 4.74 Å². The minimum Gasteiger partial charge on any atom is -0.382 e. The minimum atomic E-state index is -5.06. The number of Topliss-reactive ketones (excluding diaryl/α,β-unsaturated/α-hetero) is 1. The van der Waals surface area contributed by atoms with E-state index in [1.54, 1.807) is 19.9 Å². The second-order valence-electron chi connectivity index (χ2n) is 9.60. The summed E-state index contributed by atoms with van der Waals surface area (Å²) in [6, 6.07) is 1.88. The van der Waals surface area contributed by atoms with Gasteiger partial charge in [0.1, 0.15) is 24.5 Å². The molecule has 0 radical (unpaired) electrons. The molecule has 1 aromatic carbocycles. The van der Waals surface area contributed by atoms with Crippen molar-refractivity contribution in [3.8, 4) is 0 Å². The number of para-hydroxylation sites is 1. The van der Waals surface area contributed by atoms with Crippen LogP contribution in [0.2, 0.25) is 0 Å². The van der Waals surface area contributed by atoms with Crippen LogP contribution in [0.4, 0.5) is 23.2 Å². The molecule has 0 unspecified atom stereocenters. The van der Waals surface area contributed by atoms with Gasteiger partial charge in [0, 0.05) is 19.6 Å². The van der Waals surface area contributed by atoms with Gasteiger partial charge in [-0.2, -0.15) is 0 Å². The molecule has 0 spiro atoms. The molecular weight excluding hydrogens is 528 g/mol. The van der Waals surface area contributed by atoms with Crippen molar-refractivity contribution >= 4 is 29.2 Å². The van der Waals surface area contributed by atoms with Crippen molar-refractivity contribution in [2.75, 3.05) is 32.2 Å². The molecule has 0 saturated carbocycles. The van der Waals surface area contributed by atoms with Gasteiger partial charge in [-0.1, -0.05) is 26.0 Å². The molecule has 218 valence electrons. The van der Waals surface area contributed by atoms with Crippen molar-refractivity contribution < 1.29 is 46.2 Å². The number of hydrogen-bond acceptors (Lipinski definition) is 7. The Labute approximate surface area is 223 Å². The topological polar surface area (TPSA) is 135 Å². The molecule has 4 N–H and O–H groups in total. The van der Waals surface area contributed by atoms with Crippen molar-refractivity contribution in [2.45, 2.75) is 57.6 Å². The predicted molar refractivity (Wildman–Crippen MR) is 132 cm³/mol. The third-order valence-corrected chi connectivity index (χ3v) is 5.96. The molecule has 0 aromatic heterocycles. The van der Waals surface area contributed by atoms with Gasteiger partial charge in [-0.15, -0.1) is 13.2 Å². The van der Waals surface area contributed by atoms with E-state index in [2.05, 4.69) is 26.0 Å². The molecule has 3 amide bonds. The molecular formula is C25H34F4N4O6. The van der Waals surface area contributed by atoms with Crippen molar-refractivity contribution in [1.29, 1.82) is 0 Å². The van der Waals surface area contributed by atoms with Gasteiger partial charge in [-0.05, 0) is 37.3 Å². The van der Waals surface area contributed by atoms with E-state index < -0.39 is 60.4 Å². The Balaban J connectivity index is 2.19. The average Bonchev–Trinajstić information content (AvgIpc) is 3.26. The highest BCUT2D eigenvalue weighted by atomic mass is 19.4. The summed E-state index contributed by atoms with van der Waals surface area (Å²) in [5, 5.41) is 10.3. The highest BCUT2D eigenvalue weighted by Gasteiger charge is 2.36. The maximum Gasteiger partial charge on any atom is 0.522 e. The van der Waals surface area contributed by atoms with Crippen LogP contribution >= 0.6 is 0 Å². The number of benzene rings is 1. The van der Waals surface area contributed by atoms with E-state index in [0.717, 1.165) is 0 Å². The Kier molecular flexibility index (Phi) is 12.1. The highest BCUT2D eigenvalue weighted by Crippen LogP contribution is 2.20. The Morgan fingerprint density at radius 1 is 1.08 bits per heavy atom. The number of carbonyl (C=O) groups excluding carboxylic acids is 4. The van der Waals surface area contributed by atoms with Crippen LogP contribution in [0.1, 0.15) is 33.1 Å². The first-order valence-corrected chi connectivity index (χ1v) is 12.4. The molecule has 39 heavy (non-hydrogen) atoms. The van der Waals surface area contributed by atoms with Crippen molar-refractivity contribution in [3.63, 3.8) is 0 Å². The fraction of sp³-hybridized carbons (Fsp3) is 0.600. The van der Waals surface area contributed by atoms with Gasteiger partial charge in [0.05, 0.1) is 18.3 Å². The lowest BCUT2D eigenvalue weighted by Crippen LogP contribution is -2.56. The smallest absolute Gasteiger partial charge is 0.382 e. The van der Waals surface area contributed by atoms with E-state index in [1.807, 2.05) is 0 Å². The van der Waals surface area contributed by atoms with Crippen LogP contribution in [0.15, 0.2) is 24.3 Å². The van der Waals surface area contributed by atoms with Crippen LogP contribution in [0.3, 0.4) is 0 Å². The molecule has 1 fully saturated rings. The zero-order chi connectivity index (χ0) is 29.2. The third kappa shape index (κ3) is 10.8. The number of amides is 3. The number of anilines is 1. The van der Waals surface area contributed by atoms with Gasteiger partial charge in [0.15, 0.2) is 5.78 Å². The summed E-state index contributed by atoms with van der Waals surface area (Å²) in [4.78, 5) is 50.9. The van der Waals surface area contributed by atoms with Gasteiger partial charge in [-0.3, -0.25) is 23.9 Å². The number of ketones is 1. The monoisotopic (exact) mass is 562 g/mol. The number of hydrogen-bond donors (Lipinski definition) is 4. The largest absolute Gasteiger partial charge is 0.522 e. The van der Waals surface area contributed by atoms with Gasteiger partial charge in [-0.25, -0.2) is 4.39 Å². The van der Waals surface area contributed by atoms with E-state index >= 15 is 0 Å². The Bertz CT molecular complexity index is 1010. The minimum absolute atomic E-state index is 0.0322. The number of carbonyl (C=O) groups is 4. The Morgan fingerprint density at radius 2 is 1.72 bits per heavy atom. The first kappa shape index (κ1) is 32.0. The second-order valence-corrected chi connectivity index (χ2v) is 9.60. The Morgan fingerprint density at radius 3 is 2.28 bits per heavy atom. The lowest BCUT2D eigenvalue weighted by Gasteiger charge is -2.27. The molecule has 1 aromatic rings. The average molecular weight is 563 g/mol. The maximum absolute atomic E-state index is 14.1. The number of ether oxygens (including phenoxy) is 2. The van der Waals surface area contributed by atoms with E-state index in [9.17, 15) is 36.7 Å². The summed E-state index contributed by atoms with van der Waals surface area (Å²) in [5.41, 5.74) is 0.0322. The third-order valence-electron chi connectivity index (χ3n) is 5.96. The standard InChI is InChI=1S/C25H34F4N4O6/c1-14(2)10-19(33-24(37)20(12-38-3)31-17-7-5-4-6-16(17)26)23(36)32-18(11-15-8-9-30-22(15)35)21(34)13-39-25(27,28)29/h4-7,14-15,18-20,31H,8-13H2,1-3H3,(H,30,35)(H,32,36)(H,33,37)/t15-,18-,19-,20-/m0/s1. The molecule has 0 bridgehead atoms. The fourth-order valence-corrected chi connectivity index (χ4v) is 4.04. The first-order chi connectivity index (χ1) is 18.3. The molecule has 1 heterocycles. The highest BCUT2D eigenvalue weighted by molar-refractivity contribution is 5.95. The van der Waals surface area contributed by atoms with Crippen LogP contribution in [-0.2, 0) is 28.7 Å². The summed E-state index contributed by atoms with van der Waals surface area (Å²) in [6.45, 7) is 2.35. The van der Waals surface area contributed by atoms with Crippen LogP contribution in [0, 0.1) is 17.7 Å². The maximum atomic E-state index is 14.1. The molecule has 10 nitrogen and oxygen atoms in total. The molecule has 2 rings (SSSR count). The molecule has 4 atom stereocenters. The molecule has 14 heteroatoms. The van der Waals surface area contributed by atoms with Crippen LogP contribution < -0.4 is 21.3 Å². The fourth-order valence-electron chi connectivity index (χ4n) is 4.04.